The zero-order valence-corrected chi connectivity index (χ0v) is 12.3. The van der Waals surface area contributed by atoms with Crippen LogP contribution in [0.15, 0.2) is 47.8 Å². The summed E-state index contributed by atoms with van der Waals surface area (Å²) in [6, 6.07) is 14.1. The summed E-state index contributed by atoms with van der Waals surface area (Å²) < 4.78 is 0. The Bertz CT molecular complexity index is 544. The third-order valence-electron chi connectivity index (χ3n) is 3.92. The maximum atomic E-state index is 12.8. The van der Waals surface area contributed by atoms with Gasteiger partial charge < -0.3 is 4.90 Å². The van der Waals surface area contributed by atoms with Crippen molar-refractivity contribution in [3.63, 3.8) is 0 Å². The average Bonchev–Trinajstić information content (AvgIpc) is 3.18. The van der Waals surface area contributed by atoms with Crippen molar-refractivity contribution in [2.24, 2.45) is 0 Å². The van der Waals surface area contributed by atoms with Gasteiger partial charge in [0, 0.05) is 6.54 Å². The molecule has 1 fully saturated rings. The first-order valence-corrected chi connectivity index (χ1v) is 8.07. The van der Waals surface area contributed by atoms with E-state index >= 15 is 0 Å². The molecule has 2 heterocycles. The van der Waals surface area contributed by atoms with E-state index in [0.29, 0.717) is 0 Å². The monoisotopic (exact) mass is 285 g/mol. The van der Waals surface area contributed by atoms with Crippen LogP contribution in [0.1, 0.15) is 34.0 Å². The second kappa shape index (κ2) is 6.33. The molecular formula is C17H19NOS. The van der Waals surface area contributed by atoms with Gasteiger partial charge in [0.05, 0.1) is 10.8 Å². The maximum absolute atomic E-state index is 12.8. The largest absolute Gasteiger partial charge is 0.302 e. The maximum Gasteiger partial charge on any atom is 0.181 e. The van der Waals surface area contributed by atoms with Crippen LogP contribution in [0.2, 0.25) is 0 Å². The quantitative estimate of drug-likeness (QED) is 0.779. The molecule has 3 heteroatoms. The molecule has 2 nitrogen and oxygen atoms in total. The Balaban J connectivity index is 1.84. The minimum absolute atomic E-state index is 0.0343. The van der Waals surface area contributed by atoms with E-state index in [2.05, 4.69) is 17.0 Å². The molecule has 0 N–H and O–H groups in total. The fourth-order valence-electron chi connectivity index (χ4n) is 2.84. The molecule has 0 unspecified atom stereocenters. The van der Waals surface area contributed by atoms with E-state index in [9.17, 15) is 4.79 Å². The van der Waals surface area contributed by atoms with Crippen molar-refractivity contribution in [2.45, 2.75) is 18.8 Å². The first-order valence-electron chi connectivity index (χ1n) is 7.19. The molecule has 104 valence electrons. The van der Waals surface area contributed by atoms with Gasteiger partial charge in [0.2, 0.25) is 0 Å². The van der Waals surface area contributed by atoms with Crippen LogP contribution in [-0.2, 0) is 0 Å². The van der Waals surface area contributed by atoms with Gasteiger partial charge in [-0.25, -0.2) is 0 Å². The molecule has 2 aromatic rings. The summed E-state index contributed by atoms with van der Waals surface area (Å²) in [6.07, 6.45) is 2.52. The lowest BCUT2D eigenvalue weighted by Gasteiger charge is -2.22. The standard InChI is InChI=1S/C17H19NOS/c19-17(16-9-6-12-20-16)15(13-18-10-4-5-11-18)14-7-2-1-3-8-14/h1-3,6-9,12,15H,4-5,10-11,13H2/t15-/m1/s1. The lowest BCUT2D eigenvalue weighted by Crippen LogP contribution is -2.29. The van der Waals surface area contributed by atoms with Crippen LogP contribution in [0, 0.1) is 0 Å². The molecule has 0 bridgehead atoms. The van der Waals surface area contributed by atoms with Gasteiger partial charge in [0.25, 0.3) is 0 Å². The summed E-state index contributed by atoms with van der Waals surface area (Å²) in [5.41, 5.74) is 1.14. The van der Waals surface area contributed by atoms with Crippen molar-refractivity contribution in [3.05, 3.63) is 58.3 Å². The molecule has 0 spiro atoms. The number of hydrogen-bond acceptors (Lipinski definition) is 3. The highest BCUT2D eigenvalue weighted by atomic mass is 32.1. The molecule has 1 saturated heterocycles. The van der Waals surface area contributed by atoms with Crippen molar-refractivity contribution < 1.29 is 4.79 Å². The molecule has 0 aliphatic carbocycles. The van der Waals surface area contributed by atoms with Gasteiger partial charge in [0.1, 0.15) is 0 Å². The Morgan fingerprint density at radius 1 is 1.10 bits per heavy atom. The Hall–Kier alpha value is -1.45. The van der Waals surface area contributed by atoms with Gasteiger partial charge in [-0.15, -0.1) is 11.3 Å². The molecule has 0 saturated carbocycles. The predicted octanol–water partition coefficient (Wildman–Crippen LogP) is 3.81. The summed E-state index contributed by atoms with van der Waals surface area (Å²) >= 11 is 1.54. The van der Waals surface area contributed by atoms with Crippen LogP contribution in [0.5, 0.6) is 0 Å². The minimum Gasteiger partial charge on any atom is -0.302 e. The summed E-state index contributed by atoms with van der Waals surface area (Å²) in [5, 5.41) is 1.98. The number of hydrogen-bond donors (Lipinski definition) is 0. The second-order valence-corrected chi connectivity index (χ2v) is 6.26. The van der Waals surface area contributed by atoms with E-state index in [-0.39, 0.29) is 11.7 Å². The molecule has 0 radical (unpaired) electrons. The van der Waals surface area contributed by atoms with Gasteiger partial charge in [-0.1, -0.05) is 36.4 Å². The van der Waals surface area contributed by atoms with E-state index in [4.69, 9.17) is 0 Å². The van der Waals surface area contributed by atoms with Crippen LogP contribution in [0.25, 0.3) is 0 Å². The highest BCUT2D eigenvalue weighted by molar-refractivity contribution is 7.12. The van der Waals surface area contributed by atoms with Crippen molar-refractivity contribution in [2.75, 3.05) is 19.6 Å². The number of thiophene rings is 1. The predicted molar refractivity (Wildman–Crippen MR) is 83.5 cm³/mol. The molecule has 0 amide bonds. The average molecular weight is 285 g/mol. The van der Waals surface area contributed by atoms with Gasteiger partial charge >= 0.3 is 0 Å². The number of ketones is 1. The zero-order chi connectivity index (χ0) is 13.8. The van der Waals surface area contributed by atoms with E-state index in [0.717, 1.165) is 30.1 Å². The topological polar surface area (TPSA) is 20.3 Å². The van der Waals surface area contributed by atoms with Crippen LogP contribution in [-0.4, -0.2) is 30.3 Å². The number of carbonyl (C=O) groups excluding carboxylic acids is 1. The van der Waals surface area contributed by atoms with Gasteiger partial charge in [-0.2, -0.15) is 0 Å². The fraction of sp³-hybridized carbons (Fsp3) is 0.353. The number of carbonyl (C=O) groups is 1. The lowest BCUT2D eigenvalue weighted by molar-refractivity contribution is 0.0944. The Kier molecular flexibility index (Phi) is 4.28. The van der Waals surface area contributed by atoms with Crippen LogP contribution in [0.4, 0.5) is 0 Å². The third kappa shape index (κ3) is 3.00. The first-order chi connectivity index (χ1) is 9.84. The van der Waals surface area contributed by atoms with Crippen LogP contribution >= 0.6 is 11.3 Å². The fourth-order valence-corrected chi connectivity index (χ4v) is 3.56. The van der Waals surface area contributed by atoms with Gasteiger partial charge in [-0.05, 0) is 42.9 Å². The number of rotatable bonds is 5. The van der Waals surface area contributed by atoms with Crippen molar-refractivity contribution in [1.29, 1.82) is 0 Å². The second-order valence-electron chi connectivity index (χ2n) is 5.31. The van der Waals surface area contributed by atoms with Gasteiger partial charge in [-0.3, -0.25) is 4.79 Å². The van der Waals surface area contributed by atoms with Gasteiger partial charge in [0.15, 0.2) is 5.78 Å². The summed E-state index contributed by atoms with van der Waals surface area (Å²) in [4.78, 5) is 16.1. The summed E-state index contributed by atoms with van der Waals surface area (Å²) in [6.45, 7) is 3.10. The number of nitrogens with zero attached hydrogens (tertiary/aromatic N) is 1. The molecule has 1 aliphatic rings. The van der Waals surface area contributed by atoms with E-state index in [1.807, 2.05) is 35.7 Å². The lowest BCUT2D eigenvalue weighted by atomic mass is 9.93. The molecule has 1 aromatic heterocycles. The van der Waals surface area contributed by atoms with E-state index in [1.54, 1.807) is 11.3 Å². The number of likely N-dealkylation sites (tertiary alicyclic amines) is 1. The van der Waals surface area contributed by atoms with E-state index < -0.39 is 0 Å². The normalized spacial score (nSPS) is 17.2. The Labute approximate surface area is 124 Å². The van der Waals surface area contributed by atoms with Crippen LogP contribution in [0.3, 0.4) is 0 Å². The number of benzene rings is 1. The van der Waals surface area contributed by atoms with Crippen molar-refractivity contribution >= 4 is 17.1 Å². The summed E-state index contributed by atoms with van der Waals surface area (Å²) in [7, 11) is 0. The smallest absolute Gasteiger partial charge is 0.181 e. The van der Waals surface area contributed by atoms with Crippen LogP contribution < -0.4 is 0 Å². The Morgan fingerprint density at radius 3 is 2.50 bits per heavy atom. The van der Waals surface area contributed by atoms with Crippen molar-refractivity contribution in [1.82, 2.24) is 4.90 Å². The molecule has 1 atom stereocenters. The molecule has 1 aromatic carbocycles. The minimum atomic E-state index is -0.0343. The molecule has 3 rings (SSSR count). The molecule has 1 aliphatic heterocycles. The molecule has 20 heavy (non-hydrogen) atoms. The summed E-state index contributed by atoms with van der Waals surface area (Å²) in [5.74, 6) is 0.228. The first kappa shape index (κ1) is 13.5. The SMILES string of the molecule is O=C(c1cccs1)[C@H](CN1CCCC1)c1ccccc1. The zero-order valence-electron chi connectivity index (χ0n) is 11.5. The van der Waals surface area contributed by atoms with E-state index in [1.165, 1.54) is 12.8 Å². The number of Topliss-reactive ketones (excluding diaryl/α,β-unsaturated/α-hetero) is 1. The highest BCUT2D eigenvalue weighted by Crippen LogP contribution is 2.25. The van der Waals surface area contributed by atoms with Crippen molar-refractivity contribution in [3.8, 4) is 0 Å². The molecular weight excluding hydrogens is 266 g/mol. The third-order valence-corrected chi connectivity index (χ3v) is 4.81. The highest BCUT2D eigenvalue weighted by Gasteiger charge is 2.26. The Morgan fingerprint density at radius 2 is 1.85 bits per heavy atom.